The summed E-state index contributed by atoms with van der Waals surface area (Å²) >= 11 is 3.50. The predicted molar refractivity (Wildman–Crippen MR) is 99.0 cm³/mol. The van der Waals surface area contributed by atoms with E-state index in [0.717, 1.165) is 18.0 Å². The zero-order valence-corrected chi connectivity index (χ0v) is 14.7. The van der Waals surface area contributed by atoms with Gasteiger partial charge in [0.15, 0.2) is 0 Å². The van der Waals surface area contributed by atoms with Gasteiger partial charge in [-0.15, -0.1) is 11.3 Å². The Balaban J connectivity index is 1.43. The SMILES string of the molecule is c1ccc(CC2CCCN2Cc2csc(-c3ccsc3)n2)cc1. The van der Waals surface area contributed by atoms with E-state index in [-0.39, 0.29) is 0 Å². The number of rotatable bonds is 5. The van der Waals surface area contributed by atoms with E-state index in [9.17, 15) is 0 Å². The molecule has 4 rings (SSSR count). The highest BCUT2D eigenvalue weighted by Gasteiger charge is 2.25. The van der Waals surface area contributed by atoms with Crippen molar-refractivity contribution in [1.82, 2.24) is 9.88 Å². The highest BCUT2D eigenvalue weighted by Crippen LogP contribution is 2.28. The summed E-state index contributed by atoms with van der Waals surface area (Å²) in [5, 5.41) is 7.67. The van der Waals surface area contributed by atoms with Crippen molar-refractivity contribution >= 4 is 22.7 Å². The molecule has 0 amide bonds. The molecule has 1 atom stereocenters. The number of hydrogen-bond acceptors (Lipinski definition) is 4. The maximum atomic E-state index is 4.84. The van der Waals surface area contributed by atoms with Crippen LogP contribution in [0.2, 0.25) is 0 Å². The van der Waals surface area contributed by atoms with Crippen molar-refractivity contribution in [2.75, 3.05) is 6.54 Å². The summed E-state index contributed by atoms with van der Waals surface area (Å²) in [4.78, 5) is 7.45. The van der Waals surface area contributed by atoms with E-state index < -0.39 is 0 Å². The van der Waals surface area contributed by atoms with Crippen LogP contribution in [-0.2, 0) is 13.0 Å². The van der Waals surface area contributed by atoms with Gasteiger partial charge < -0.3 is 0 Å². The van der Waals surface area contributed by atoms with Crippen molar-refractivity contribution in [2.45, 2.75) is 31.8 Å². The van der Waals surface area contributed by atoms with Crippen molar-refractivity contribution < 1.29 is 0 Å². The quantitative estimate of drug-likeness (QED) is 0.644. The maximum Gasteiger partial charge on any atom is 0.124 e. The Kier molecular flexibility index (Phi) is 4.55. The molecule has 3 heterocycles. The largest absolute Gasteiger partial charge is 0.294 e. The summed E-state index contributed by atoms with van der Waals surface area (Å²) in [5.41, 5.74) is 3.92. The molecule has 0 radical (unpaired) electrons. The number of hydrogen-bond donors (Lipinski definition) is 0. The molecule has 1 unspecified atom stereocenters. The van der Waals surface area contributed by atoms with Crippen molar-refractivity contribution in [1.29, 1.82) is 0 Å². The molecular weight excluding hydrogens is 320 g/mol. The lowest BCUT2D eigenvalue weighted by Gasteiger charge is -2.23. The number of benzene rings is 1. The fraction of sp³-hybridized carbons (Fsp3) is 0.316. The molecule has 1 fully saturated rings. The van der Waals surface area contributed by atoms with Gasteiger partial charge in [-0.05, 0) is 42.8 Å². The van der Waals surface area contributed by atoms with Crippen molar-refractivity contribution in [3.8, 4) is 10.6 Å². The van der Waals surface area contributed by atoms with E-state index >= 15 is 0 Å². The maximum absolute atomic E-state index is 4.84. The first-order valence-corrected chi connectivity index (χ1v) is 9.96. The van der Waals surface area contributed by atoms with Gasteiger partial charge in [-0.3, -0.25) is 4.90 Å². The molecule has 3 aromatic rings. The van der Waals surface area contributed by atoms with Crippen LogP contribution in [0.4, 0.5) is 0 Å². The second kappa shape index (κ2) is 6.95. The Hall–Kier alpha value is -1.49. The highest BCUT2D eigenvalue weighted by molar-refractivity contribution is 7.14. The van der Waals surface area contributed by atoms with Crippen molar-refractivity contribution in [3.05, 3.63) is 63.8 Å². The smallest absolute Gasteiger partial charge is 0.124 e. The summed E-state index contributed by atoms with van der Waals surface area (Å²) in [5.74, 6) is 0. The Bertz CT molecular complexity index is 734. The monoisotopic (exact) mass is 340 g/mol. The molecule has 2 aromatic heterocycles. The van der Waals surface area contributed by atoms with E-state index in [0.29, 0.717) is 6.04 Å². The zero-order valence-electron chi connectivity index (χ0n) is 13.0. The molecule has 1 aliphatic rings. The summed E-state index contributed by atoms with van der Waals surface area (Å²) in [6, 6.07) is 13.7. The topological polar surface area (TPSA) is 16.1 Å². The fourth-order valence-electron chi connectivity index (χ4n) is 3.33. The summed E-state index contributed by atoms with van der Waals surface area (Å²) in [6.07, 6.45) is 3.76. The fourth-order valence-corrected chi connectivity index (χ4v) is 4.85. The standard InChI is InChI=1S/C19H20N2S2/c1-2-5-15(6-3-1)11-18-7-4-9-21(18)12-17-14-23-19(20-17)16-8-10-22-13-16/h1-3,5-6,8,10,13-14,18H,4,7,9,11-12H2. The van der Waals surface area contributed by atoms with E-state index in [1.165, 1.54) is 36.2 Å². The first-order valence-electron chi connectivity index (χ1n) is 8.13. The molecule has 1 saturated heterocycles. The van der Waals surface area contributed by atoms with Crippen LogP contribution in [0.5, 0.6) is 0 Å². The molecule has 0 aliphatic carbocycles. The summed E-state index contributed by atoms with van der Waals surface area (Å²) < 4.78 is 0. The van der Waals surface area contributed by atoms with Crippen LogP contribution in [-0.4, -0.2) is 22.5 Å². The lowest BCUT2D eigenvalue weighted by Crippen LogP contribution is -2.30. The van der Waals surface area contributed by atoms with Gasteiger partial charge in [0, 0.05) is 28.9 Å². The van der Waals surface area contributed by atoms with Crippen molar-refractivity contribution in [3.63, 3.8) is 0 Å². The Labute approximate surface area is 145 Å². The highest BCUT2D eigenvalue weighted by atomic mass is 32.1. The molecular formula is C19H20N2S2. The minimum Gasteiger partial charge on any atom is -0.294 e. The van der Waals surface area contributed by atoms with E-state index in [1.54, 1.807) is 22.7 Å². The lowest BCUT2D eigenvalue weighted by atomic mass is 10.0. The number of thiophene rings is 1. The normalized spacial score (nSPS) is 18.5. The molecule has 0 bridgehead atoms. The van der Waals surface area contributed by atoms with Crippen LogP contribution < -0.4 is 0 Å². The van der Waals surface area contributed by atoms with Gasteiger partial charge in [0.1, 0.15) is 5.01 Å². The second-order valence-electron chi connectivity index (χ2n) is 6.11. The molecule has 0 N–H and O–H groups in total. The van der Waals surface area contributed by atoms with E-state index in [1.807, 2.05) is 0 Å². The van der Waals surface area contributed by atoms with Gasteiger partial charge in [-0.2, -0.15) is 11.3 Å². The summed E-state index contributed by atoms with van der Waals surface area (Å²) in [7, 11) is 0. The van der Waals surface area contributed by atoms with Crippen LogP contribution >= 0.6 is 22.7 Å². The Morgan fingerprint density at radius 2 is 2.04 bits per heavy atom. The average Bonchev–Trinajstić information content (AvgIpc) is 3.31. The third-order valence-electron chi connectivity index (χ3n) is 4.50. The first kappa shape index (κ1) is 15.1. The summed E-state index contributed by atoms with van der Waals surface area (Å²) in [6.45, 7) is 2.18. The number of likely N-dealkylation sites (tertiary alicyclic amines) is 1. The second-order valence-corrected chi connectivity index (χ2v) is 7.75. The third-order valence-corrected chi connectivity index (χ3v) is 6.12. The number of aromatic nitrogens is 1. The molecule has 0 saturated carbocycles. The van der Waals surface area contributed by atoms with Crippen LogP contribution in [0.1, 0.15) is 24.1 Å². The van der Waals surface area contributed by atoms with Crippen LogP contribution in [0.3, 0.4) is 0 Å². The third kappa shape index (κ3) is 3.55. The Morgan fingerprint density at radius 3 is 2.87 bits per heavy atom. The molecule has 118 valence electrons. The van der Waals surface area contributed by atoms with Crippen LogP contribution in [0.25, 0.3) is 10.6 Å². The van der Waals surface area contributed by atoms with Crippen LogP contribution in [0.15, 0.2) is 52.5 Å². The van der Waals surface area contributed by atoms with Gasteiger partial charge in [0.05, 0.1) is 5.69 Å². The molecule has 23 heavy (non-hydrogen) atoms. The minimum atomic E-state index is 0.656. The molecule has 2 nitrogen and oxygen atoms in total. The van der Waals surface area contributed by atoms with Gasteiger partial charge in [0.25, 0.3) is 0 Å². The van der Waals surface area contributed by atoms with E-state index in [2.05, 4.69) is 57.4 Å². The molecule has 4 heteroatoms. The average molecular weight is 341 g/mol. The molecule has 1 aliphatic heterocycles. The van der Waals surface area contributed by atoms with Gasteiger partial charge in [-0.25, -0.2) is 4.98 Å². The lowest BCUT2D eigenvalue weighted by molar-refractivity contribution is 0.241. The minimum absolute atomic E-state index is 0.656. The van der Waals surface area contributed by atoms with Gasteiger partial charge in [-0.1, -0.05) is 30.3 Å². The predicted octanol–water partition coefficient (Wildman–Crippen LogP) is 5.08. The van der Waals surface area contributed by atoms with Gasteiger partial charge in [0.2, 0.25) is 0 Å². The molecule has 1 aromatic carbocycles. The number of thiazole rings is 1. The van der Waals surface area contributed by atoms with E-state index in [4.69, 9.17) is 4.98 Å². The first-order chi connectivity index (χ1) is 11.4. The van der Waals surface area contributed by atoms with Crippen molar-refractivity contribution in [2.24, 2.45) is 0 Å². The van der Waals surface area contributed by atoms with Gasteiger partial charge >= 0.3 is 0 Å². The molecule has 0 spiro atoms. The zero-order chi connectivity index (χ0) is 15.5. The Morgan fingerprint density at radius 1 is 1.13 bits per heavy atom. The van der Waals surface area contributed by atoms with Crippen LogP contribution in [0, 0.1) is 0 Å². The number of nitrogens with zero attached hydrogens (tertiary/aromatic N) is 2.